The molecule has 0 bridgehead atoms. The van der Waals surface area contributed by atoms with Crippen molar-refractivity contribution in [3.63, 3.8) is 0 Å². The molecule has 1 N–H and O–H groups in total. The Morgan fingerprint density at radius 2 is 2.33 bits per heavy atom. The molecule has 0 aromatic heterocycles. The van der Waals surface area contributed by atoms with Gasteiger partial charge in [-0.2, -0.15) is 0 Å². The highest BCUT2D eigenvalue weighted by Gasteiger charge is 1.88. The first-order chi connectivity index (χ1) is 4.31. The van der Waals surface area contributed by atoms with Crippen LogP contribution in [0.25, 0.3) is 0 Å². The maximum absolute atomic E-state index is 8.00. The molecule has 0 saturated carbocycles. The molecular weight excluding hydrogens is 116 g/mol. The summed E-state index contributed by atoms with van der Waals surface area (Å²) in [6.45, 7) is 5.03. The normalized spacial score (nSPS) is 10.9. The summed E-state index contributed by atoms with van der Waals surface area (Å²) in [7, 11) is 1.92. The Hall–Kier alpha value is -0.830. The van der Waals surface area contributed by atoms with Gasteiger partial charge in [-0.25, -0.2) is 0 Å². The lowest BCUT2D eigenvalue weighted by Gasteiger charge is -2.08. The van der Waals surface area contributed by atoms with Crippen LogP contribution in [0.15, 0.2) is 17.8 Å². The fourth-order valence-electron chi connectivity index (χ4n) is 0.471. The van der Waals surface area contributed by atoms with Gasteiger partial charge < -0.3 is 5.21 Å². The minimum absolute atomic E-state index is 0.655. The molecule has 0 spiro atoms. The number of likely N-dealkylation sites (N-methyl/N-ethyl adjacent to an activating group) is 1. The number of nitrogens with zero attached hydrogens (tertiary/aromatic N) is 2. The first-order valence-electron chi connectivity index (χ1n) is 2.76. The molecule has 0 amide bonds. The molecule has 0 aliphatic rings. The van der Waals surface area contributed by atoms with Gasteiger partial charge in [-0.05, 0) is 7.05 Å². The van der Waals surface area contributed by atoms with E-state index in [1.165, 1.54) is 6.21 Å². The zero-order chi connectivity index (χ0) is 7.11. The van der Waals surface area contributed by atoms with Gasteiger partial charge in [0.05, 0.1) is 6.21 Å². The molecule has 0 fully saturated rings. The van der Waals surface area contributed by atoms with E-state index in [9.17, 15) is 0 Å². The molecule has 0 rings (SSSR count). The molecule has 0 aromatic carbocycles. The summed E-state index contributed by atoms with van der Waals surface area (Å²) in [6, 6.07) is 0. The molecule has 0 aliphatic carbocycles. The monoisotopic (exact) mass is 128 g/mol. The average molecular weight is 128 g/mol. The van der Waals surface area contributed by atoms with Crippen molar-refractivity contribution in [1.82, 2.24) is 4.90 Å². The van der Waals surface area contributed by atoms with Crippen LogP contribution in [0.5, 0.6) is 0 Å². The van der Waals surface area contributed by atoms with E-state index in [0.29, 0.717) is 6.54 Å². The van der Waals surface area contributed by atoms with E-state index < -0.39 is 0 Å². The lowest BCUT2D eigenvalue weighted by molar-refractivity contribution is 0.316. The molecule has 3 nitrogen and oxygen atoms in total. The third kappa shape index (κ3) is 5.03. The number of hydrogen-bond donors (Lipinski definition) is 1. The molecule has 0 atom stereocenters. The van der Waals surface area contributed by atoms with Gasteiger partial charge in [0.15, 0.2) is 0 Å². The average Bonchev–Trinajstić information content (AvgIpc) is 1.85. The zero-order valence-electron chi connectivity index (χ0n) is 5.62. The first-order valence-corrected chi connectivity index (χ1v) is 2.76. The molecule has 0 aliphatic heterocycles. The van der Waals surface area contributed by atoms with Crippen LogP contribution in [0.3, 0.4) is 0 Å². The smallest absolute Gasteiger partial charge is 0.0576 e. The van der Waals surface area contributed by atoms with E-state index >= 15 is 0 Å². The predicted octanol–water partition coefficient (Wildman–Crippen LogP) is 0.564. The van der Waals surface area contributed by atoms with Gasteiger partial charge in [0, 0.05) is 13.1 Å². The summed E-state index contributed by atoms with van der Waals surface area (Å²) in [6.07, 6.45) is 3.23. The van der Waals surface area contributed by atoms with Crippen molar-refractivity contribution in [2.24, 2.45) is 5.16 Å². The minimum atomic E-state index is 0.655. The molecule has 0 heterocycles. The van der Waals surface area contributed by atoms with Gasteiger partial charge in [0.2, 0.25) is 0 Å². The van der Waals surface area contributed by atoms with Crippen LogP contribution in [-0.4, -0.2) is 36.5 Å². The van der Waals surface area contributed by atoms with E-state index in [-0.39, 0.29) is 0 Å². The number of oxime groups is 1. The number of rotatable bonds is 4. The van der Waals surface area contributed by atoms with E-state index in [0.717, 1.165) is 6.54 Å². The minimum Gasteiger partial charge on any atom is -0.411 e. The highest BCUT2D eigenvalue weighted by Crippen LogP contribution is 1.77. The Kier molecular flexibility index (Phi) is 4.82. The zero-order valence-corrected chi connectivity index (χ0v) is 5.62. The van der Waals surface area contributed by atoms with Crippen LogP contribution in [0, 0.1) is 0 Å². The fourth-order valence-corrected chi connectivity index (χ4v) is 0.471. The molecule has 0 radical (unpaired) electrons. The van der Waals surface area contributed by atoms with Crippen LogP contribution in [-0.2, 0) is 0 Å². The Morgan fingerprint density at radius 3 is 2.78 bits per heavy atom. The van der Waals surface area contributed by atoms with Crippen molar-refractivity contribution in [1.29, 1.82) is 0 Å². The SMILES string of the molecule is C=CCN(C)C/C=N/O. The second-order valence-corrected chi connectivity index (χ2v) is 1.81. The summed E-state index contributed by atoms with van der Waals surface area (Å²) >= 11 is 0. The second kappa shape index (κ2) is 5.31. The third-order valence-electron chi connectivity index (χ3n) is 0.916. The van der Waals surface area contributed by atoms with Crippen LogP contribution >= 0.6 is 0 Å². The topological polar surface area (TPSA) is 35.8 Å². The molecule has 0 aromatic rings. The molecule has 0 saturated heterocycles. The first kappa shape index (κ1) is 8.17. The van der Waals surface area contributed by atoms with Crippen molar-refractivity contribution in [2.75, 3.05) is 20.1 Å². The van der Waals surface area contributed by atoms with E-state index in [1.54, 1.807) is 6.08 Å². The summed E-state index contributed by atoms with van der Waals surface area (Å²) in [5.41, 5.74) is 0. The molecule has 9 heavy (non-hydrogen) atoms. The van der Waals surface area contributed by atoms with Gasteiger partial charge in [0.1, 0.15) is 0 Å². The summed E-state index contributed by atoms with van der Waals surface area (Å²) in [5, 5.41) is 10.9. The van der Waals surface area contributed by atoms with Crippen LogP contribution in [0.1, 0.15) is 0 Å². The second-order valence-electron chi connectivity index (χ2n) is 1.81. The Labute approximate surface area is 55.3 Å². The van der Waals surface area contributed by atoms with Gasteiger partial charge in [-0.1, -0.05) is 6.08 Å². The largest absolute Gasteiger partial charge is 0.411 e. The summed E-state index contributed by atoms with van der Waals surface area (Å²) < 4.78 is 0. The summed E-state index contributed by atoms with van der Waals surface area (Å²) in [4.78, 5) is 1.96. The van der Waals surface area contributed by atoms with Crippen LogP contribution < -0.4 is 0 Å². The Balaban J connectivity index is 3.25. The standard InChI is InChI=1S/C6H12N2O/c1-3-5-8(2)6-4-7-9/h3-4,9H,1,5-6H2,2H3/b7-4+. The maximum Gasteiger partial charge on any atom is 0.0576 e. The van der Waals surface area contributed by atoms with Gasteiger partial charge in [-0.3, -0.25) is 4.90 Å². The predicted molar refractivity (Wildman–Crippen MR) is 38.0 cm³/mol. The van der Waals surface area contributed by atoms with Crippen molar-refractivity contribution < 1.29 is 5.21 Å². The van der Waals surface area contributed by atoms with E-state index in [4.69, 9.17) is 5.21 Å². The van der Waals surface area contributed by atoms with Crippen molar-refractivity contribution in [3.8, 4) is 0 Å². The van der Waals surface area contributed by atoms with E-state index in [2.05, 4.69) is 11.7 Å². The lowest BCUT2D eigenvalue weighted by Crippen LogP contribution is -2.20. The van der Waals surface area contributed by atoms with Crippen molar-refractivity contribution >= 4 is 6.21 Å². The van der Waals surface area contributed by atoms with Gasteiger partial charge in [-0.15, -0.1) is 11.7 Å². The molecule has 3 heteroatoms. The Morgan fingerprint density at radius 1 is 1.67 bits per heavy atom. The fraction of sp³-hybridized carbons (Fsp3) is 0.500. The van der Waals surface area contributed by atoms with E-state index in [1.807, 2.05) is 11.9 Å². The van der Waals surface area contributed by atoms with Gasteiger partial charge >= 0.3 is 0 Å². The van der Waals surface area contributed by atoms with Crippen molar-refractivity contribution in [2.45, 2.75) is 0 Å². The highest BCUT2D eigenvalue weighted by atomic mass is 16.4. The van der Waals surface area contributed by atoms with Crippen LogP contribution in [0.2, 0.25) is 0 Å². The number of hydrogen-bond acceptors (Lipinski definition) is 3. The van der Waals surface area contributed by atoms with Crippen molar-refractivity contribution in [3.05, 3.63) is 12.7 Å². The Bertz CT molecular complexity index is 101. The third-order valence-corrected chi connectivity index (χ3v) is 0.916. The van der Waals surface area contributed by atoms with Crippen LogP contribution in [0.4, 0.5) is 0 Å². The lowest BCUT2D eigenvalue weighted by atomic mass is 10.5. The quantitative estimate of drug-likeness (QED) is 0.260. The van der Waals surface area contributed by atoms with Gasteiger partial charge in [0.25, 0.3) is 0 Å². The molecule has 0 unspecified atom stereocenters. The highest BCUT2D eigenvalue weighted by molar-refractivity contribution is 5.58. The molecule has 52 valence electrons. The molecular formula is C6H12N2O. The summed E-state index contributed by atoms with van der Waals surface area (Å²) in [5.74, 6) is 0. The maximum atomic E-state index is 8.00.